The van der Waals surface area contributed by atoms with Gasteiger partial charge in [-0.1, -0.05) is 24.7 Å². The second-order valence-electron chi connectivity index (χ2n) is 5.19. The van der Waals surface area contributed by atoms with Gasteiger partial charge in [0.05, 0.1) is 4.90 Å². The van der Waals surface area contributed by atoms with Gasteiger partial charge in [0.1, 0.15) is 6.61 Å². The van der Waals surface area contributed by atoms with Crippen LogP contribution < -0.4 is 4.72 Å². The lowest BCUT2D eigenvalue weighted by molar-refractivity contribution is 0.350. The zero-order chi connectivity index (χ0) is 14.6. The molecule has 1 saturated carbocycles. The van der Waals surface area contributed by atoms with Crippen LogP contribution in [0.5, 0.6) is 0 Å². The zero-order valence-corrected chi connectivity index (χ0v) is 12.3. The van der Waals surface area contributed by atoms with Crippen LogP contribution in [0.25, 0.3) is 0 Å². The smallest absolute Gasteiger partial charge is 0.240 e. The average molecular weight is 293 g/mol. The van der Waals surface area contributed by atoms with Gasteiger partial charge in [-0.2, -0.15) is 0 Å². The normalized spacial score (nSPS) is 16.3. The van der Waals surface area contributed by atoms with Gasteiger partial charge in [0.15, 0.2) is 0 Å². The van der Waals surface area contributed by atoms with E-state index in [4.69, 9.17) is 5.11 Å². The highest BCUT2D eigenvalue weighted by Gasteiger charge is 2.26. The van der Waals surface area contributed by atoms with Crippen molar-refractivity contribution in [1.82, 2.24) is 4.72 Å². The molecule has 0 saturated heterocycles. The van der Waals surface area contributed by atoms with E-state index in [2.05, 4.69) is 16.6 Å². The Morgan fingerprint density at radius 1 is 1.35 bits per heavy atom. The van der Waals surface area contributed by atoms with Crippen molar-refractivity contribution in [2.75, 3.05) is 6.61 Å². The lowest BCUT2D eigenvalue weighted by Crippen LogP contribution is -2.32. The van der Waals surface area contributed by atoms with Crippen molar-refractivity contribution in [2.45, 2.75) is 37.1 Å². The van der Waals surface area contributed by atoms with Gasteiger partial charge in [0.25, 0.3) is 0 Å². The summed E-state index contributed by atoms with van der Waals surface area (Å²) in [4.78, 5) is 0.245. The molecule has 2 N–H and O–H groups in total. The first-order chi connectivity index (χ1) is 9.51. The fraction of sp³-hybridized carbons (Fsp3) is 0.467. The van der Waals surface area contributed by atoms with E-state index in [1.54, 1.807) is 12.1 Å². The number of hydrogen-bond acceptors (Lipinski definition) is 3. The Bertz CT molecular complexity index is 607. The first-order valence-electron chi connectivity index (χ1n) is 6.73. The second kappa shape index (κ2) is 6.40. The molecule has 1 aliphatic rings. The highest BCUT2D eigenvalue weighted by atomic mass is 32.2. The summed E-state index contributed by atoms with van der Waals surface area (Å²) < 4.78 is 27.1. The standard InChI is InChI=1S/C15H19NO3S/c1-12(11-14-4-5-14)16-20(18,19)15-8-6-13(7-9-15)3-2-10-17/h6-9,12,14,16-17H,4-5,10-11H2,1H3. The van der Waals surface area contributed by atoms with Gasteiger partial charge in [-0.15, -0.1) is 0 Å². The summed E-state index contributed by atoms with van der Waals surface area (Å²) in [6, 6.07) is 6.31. The van der Waals surface area contributed by atoms with E-state index in [0.29, 0.717) is 11.5 Å². The molecule has 2 rings (SSSR count). The molecular formula is C15H19NO3S. The Kier molecular flexibility index (Phi) is 4.81. The second-order valence-corrected chi connectivity index (χ2v) is 6.90. The molecule has 1 atom stereocenters. The van der Waals surface area contributed by atoms with E-state index in [1.807, 2.05) is 6.92 Å². The van der Waals surface area contributed by atoms with Crippen molar-refractivity contribution < 1.29 is 13.5 Å². The minimum Gasteiger partial charge on any atom is -0.384 e. The van der Waals surface area contributed by atoms with Crippen molar-refractivity contribution in [3.05, 3.63) is 29.8 Å². The molecule has 5 heteroatoms. The maximum atomic E-state index is 12.2. The highest BCUT2D eigenvalue weighted by Crippen LogP contribution is 2.33. The summed E-state index contributed by atoms with van der Waals surface area (Å²) in [6.45, 7) is 1.69. The molecule has 0 heterocycles. The molecule has 0 spiro atoms. The minimum atomic E-state index is -3.46. The van der Waals surface area contributed by atoms with E-state index in [1.165, 1.54) is 25.0 Å². The Balaban J connectivity index is 2.04. The fourth-order valence-electron chi connectivity index (χ4n) is 2.09. The molecule has 108 valence electrons. The summed E-state index contributed by atoms with van der Waals surface area (Å²) >= 11 is 0. The zero-order valence-electron chi connectivity index (χ0n) is 11.5. The maximum Gasteiger partial charge on any atom is 0.240 e. The van der Waals surface area contributed by atoms with Crippen LogP contribution in [0.4, 0.5) is 0 Å². The summed E-state index contributed by atoms with van der Waals surface area (Å²) in [6.07, 6.45) is 3.33. The van der Waals surface area contributed by atoms with E-state index >= 15 is 0 Å². The number of benzene rings is 1. The molecule has 1 fully saturated rings. The Morgan fingerprint density at radius 3 is 2.55 bits per heavy atom. The van der Waals surface area contributed by atoms with Crippen molar-refractivity contribution >= 4 is 10.0 Å². The number of aliphatic hydroxyl groups is 1. The highest BCUT2D eigenvalue weighted by molar-refractivity contribution is 7.89. The molecule has 1 aromatic rings. The van der Waals surface area contributed by atoms with Crippen LogP contribution in [0.2, 0.25) is 0 Å². The van der Waals surface area contributed by atoms with Crippen LogP contribution in [0.15, 0.2) is 29.2 Å². The third kappa shape index (κ3) is 4.34. The summed E-state index contributed by atoms with van der Waals surface area (Å²) in [7, 11) is -3.46. The fourth-order valence-corrected chi connectivity index (χ4v) is 3.35. The molecule has 1 aromatic carbocycles. The van der Waals surface area contributed by atoms with Crippen molar-refractivity contribution in [1.29, 1.82) is 0 Å². The molecular weight excluding hydrogens is 274 g/mol. The maximum absolute atomic E-state index is 12.2. The number of rotatable bonds is 5. The third-order valence-corrected chi connectivity index (χ3v) is 4.82. The van der Waals surface area contributed by atoms with Crippen molar-refractivity contribution in [2.24, 2.45) is 5.92 Å². The first kappa shape index (κ1) is 15.0. The SMILES string of the molecule is CC(CC1CC1)NS(=O)(=O)c1ccc(C#CCO)cc1. The molecule has 0 bridgehead atoms. The minimum absolute atomic E-state index is 0.0404. The molecule has 1 aliphatic carbocycles. The quantitative estimate of drug-likeness (QED) is 0.809. The van der Waals surface area contributed by atoms with Gasteiger partial charge in [0.2, 0.25) is 10.0 Å². The van der Waals surface area contributed by atoms with Crippen LogP contribution >= 0.6 is 0 Å². The van der Waals surface area contributed by atoms with Gasteiger partial charge in [0, 0.05) is 11.6 Å². The van der Waals surface area contributed by atoms with Crippen LogP contribution in [0, 0.1) is 17.8 Å². The molecule has 0 amide bonds. The predicted octanol–water partition coefficient (Wildman–Crippen LogP) is 1.50. The molecule has 4 nitrogen and oxygen atoms in total. The molecule has 0 aliphatic heterocycles. The number of nitrogens with one attached hydrogen (secondary N) is 1. The Labute approximate surface area is 120 Å². The first-order valence-corrected chi connectivity index (χ1v) is 8.21. The Morgan fingerprint density at radius 2 is 2.00 bits per heavy atom. The van der Waals surface area contributed by atoms with E-state index in [-0.39, 0.29) is 17.5 Å². The predicted molar refractivity (Wildman–Crippen MR) is 77.5 cm³/mol. The molecule has 0 aromatic heterocycles. The van der Waals surface area contributed by atoms with Crippen LogP contribution in [-0.4, -0.2) is 26.2 Å². The van der Waals surface area contributed by atoms with Gasteiger partial charge in [-0.25, -0.2) is 13.1 Å². The average Bonchev–Trinajstić information content (AvgIpc) is 3.20. The Hall–Kier alpha value is -1.35. The molecule has 20 heavy (non-hydrogen) atoms. The van der Waals surface area contributed by atoms with E-state index < -0.39 is 10.0 Å². The number of hydrogen-bond donors (Lipinski definition) is 2. The molecule has 0 radical (unpaired) electrons. The van der Waals surface area contributed by atoms with E-state index in [0.717, 1.165) is 6.42 Å². The van der Waals surface area contributed by atoms with Crippen molar-refractivity contribution in [3.63, 3.8) is 0 Å². The third-order valence-electron chi connectivity index (χ3n) is 3.22. The topological polar surface area (TPSA) is 66.4 Å². The number of sulfonamides is 1. The van der Waals surface area contributed by atoms with Crippen LogP contribution in [0.3, 0.4) is 0 Å². The summed E-state index contributed by atoms with van der Waals surface area (Å²) in [5.41, 5.74) is 0.684. The summed E-state index contributed by atoms with van der Waals surface area (Å²) in [5, 5.41) is 8.61. The van der Waals surface area contributed by atoms with Gasteiger partial charge >= 0.3 is 0 Å². The molecule has 1 unspecified atom stereocenters. The van der Waals surface area contributed by atoms with Crippen LogP contribution in [-0.2, 0) is 10.0 Å². The van der Waals surface area contributed by atoms with Crippen LogP contribution in [0.1, 0.15) is 31.7 Å². The van der Waals surface area contributed by atoms with Gasteiger partial charge in [-0.3, -0.25) is 0 Å². The van der Waals surface area contributed by atoms with E-state index in [9.17, 15) is 8.42 Å². The lowest BCUT2D eigenvalue weighted by atomic mass is 10.2. The van der Waals surface area contributed by atoms with Gasteiger partial charge in [-0.05, 0) is 43.5 Å². The van der Waals surface area contributed by atoms with Crippen molar-refractivity contribution in [3.8, 4) is 11.8 Å². The monoisotopic (exact) mass is 293 g/mol. The largest absolute Gasteiger partial charge is 0.384 e. The summed E-state index contributed by atoms with van der Waals surface area (Å²) in [5.74, 6) is 5.94. The number of aliphatic hydroxyl groups excluding tert-OH is 1. The van der Waals surface area contributed by atoms with Gasteiger partial charge < -0.3 is 5.11 Å². The lowest BCUT2D eigenvalue weighted by Gasteiger charge is -2.13.